The zero-order chi connectivity index (χ0) is 20.7. The first-order valence-electron chi connectivity index (χ1n) is 8.99. The van der Waals surface area contributed by atoms with E-state index in [-0.39, 0.29) is 12.1 Å². The Bertz CT molecular complexity index is 693. The molecule has 2 saturated heterocycles. The third kappa shape index (κ3) is 6.35. The lowest BCUT2D eigenvalue weighted by Gasteiger charge is -2.36. The number of carbonyl (C=O) groups excluding carboxylic acids is 3. The average Bonchev–Trinajstić information content (AvgIpc) is 2.88. The molecule has 0 radical (unpaired) electrons. The number of hydrogen-bond acceptors (Lipinski definition) is 7. The van der Waals surface area contributed by atoms with Crippen LogP contribution in [0.4, 0.5) is 0 Å². The van der Waals surface area contributed by atoms with Crippen molar-refractivity contribution in [3.63, 3.8) is 0 Å². The summed E-state index contributed by atoms with van der Waals surface area (Å²) in [6.07, 6.45) is 5.12. The molecule has 8 heteroatoms. The summed E-state index contributed by atoms with van der Waals surface area (Å²) in [5.74, 6) is -3.41. The number of ether oxygens (including phenoxy) is 1. The fraction of sp³-hybridized carbons (Fsp3) is 0.450. The summed E-state index contributed by atoms with van der Waals surface area (Å²) in [6.45, 7) is 0. The van der Waals surface area contributed by atoms with Crippen LogP contribution in [0, 0.1) is 0 Å². The smallest absolute Gasteiger partial charge is 0.328 e. The van der Waals surface area contributed by atoms with Crippen LogP contribution in [0.15, 0.2) is 42.5 Å². The molecule has 0 aliphatic carbocycles. The summed E-state index contributed by atoms with van der Waals surface area (Å²) in [7, 11) is 2.18. The lowest BCUT2D eigenvalue weighted by molar-refractivity contribution is -0.301. The number of fused-ring (bicyclic) bond motifs is 2. The van der Waals surface area contributed by atoms with Crippen molar-refractivity contribution in [3.05, 3.63) is 48.0 Å². The molecule has 3 rings (SSSR count). The van der Waals surface area contributed by atoms with Crippen LogP contribution in [0.5, 0.6) is 0 Å². The van der Waals surface area contributed by atoms with E-state index in [9.17, 15) is 24.6 Å². The number of carboxylic acids is 2. The van der Waals surface area contributed by atoms with Gasteiger partial charge in [-0.25, -0.2) is 0 Å². The fourth-order valence-corrected chi connectivity index (χ4v) is 3.77. The first kappa shape index (κ1) is 21.9. The molecule has 1 aromatic carbocycles. The molecule has 0 spiro atoms. The lowest BCUT2D eigenvalue weighted by atomic mass is 10.0. The predicted molar refractivity (Wildman–Crippen MR) is 97.9 cm³/mol. The van der Waals surface area contributed by atoms with E-state index in [1.165, 1.54) is 12.8 Å². The highest BCUT2D eigenvalue weighted by Crippen LogP contribution is 2.36. The molecule has 3 atom stereocenters. The number of carbonyl (C=O) groups is 3. The third-order valence-electron chi connectivity index (χ3n) is 4.99. The summed E-state index contributed by atoms with van der Waals surface area (Å²) in [6, 6.07) is 10.5. The van der Waals surface area contributed by atoms with Gasteiger partial charge in [0.2, 0.25) is 0 Å². The molecule has 152 valence electrons. The Kier molecular flexibility index (Phi) is 8.02. The van der Waals surface area contributed by atoms with Gasteiger partial charge in [0.25, 0.3) is 0 Å². The maximum Gasteiger partial charge on any atom is 0.328 e. The summed E-state index contributed by atoms with van der Waals surface area (Å²) < 4.78 is 5.64. The molecule has 7 nitrogen and oxygen atoms in total. The van der Waals surface area contributed by atoms with E-state index in [2.05, 4.69) is 11.9 Å². The molecular weight excluding hydrogens is 386 g/mol. The molecule has 2 aliphatic rings. The van der Waals surface area contributed by atoms with Gasteiger partial charge in [-0.2, -0.15) is 0 Å². The van der Waals surface area contributed by atoms with Crippen LogP contribution in [-0.2, 0) is 19.1 Å². The normalized spacial score (nSPS) is 24.9. The van der Waals surface area contributed by atoms with Crippen molar-refractivity contribution in [2.75, 3.05) is 7.05 Å². The number of carboxylic acid groups (broad SMARTS) is 2. The van der Waals surface area contributed by atoms with E-state index in [4.69, 9.17) is 16.3 Å². The van der Waals surface area contributed by atoms with Crippen LogP contribution in [0.2, 0.25) is 0 Å². The Hall–Kier alpha value is -2.38. The largest absolute Gasteiger partial charge is 0.545 e. The van der Waals surface area contributed by atoms with Crippen molar-refractivity contribution in [2.45, 2.75) is 49.2 Å². The Labute approximate surface area is 168 Å². The molecule has 2 aliphatic heterocycles. The van der Waals surface area contributed by atoms with Gasteiger partial charge in [-0.3, -0.25) is 4.79 Å². The number of hydrogen-bond donors (Lipinski definition) is 0. The second kappa shape index (κ2) is 10.2. The maximum atomic E-state index is 12.2. The number of alkyl halides is 1. The van der Waals surface area contributed by atoms with Crippen molar-refractivity contribution in [2.24, 2.45) is 0 Å². The topological polar surface area (TPSA) is 110 Å². The molecule has 0 amide bonds. The molecule has 0 saturated carbocycles. The second-order valence-electron chi connectivity index (χ2n) is 6.83. The Morgan fingerprint density at radius 2 is 1.57 bits per heavy atom. The number of nitrogens with zero attached hydrogens (tertiary/aromatic N) is 1. The van der Waals surface area contributed by atoms with E-state index in [1.54, 1.807) is 0 Å². The maximum absolute atomic E-state index is 12.2. The molecule has 2 heterocycles. The van der Waals surface area contributed by atoms with E-state index >= 15 is 0 Å². The van der Waals surface area contributed by atoms with Gasteiger partial charge >= 0.3 is 5.97 Å². The summed E-state index contributed by atoms with van der Waals surface area (Å²) >= 11 is 6.21. The van der Waals surface area contributed by atoms with Gasteiger partial charge in [-0.15, -0.1) is 11.6 Å². The zero-order valence-corrected chi connectivity index (χ0v) is 16.2. The van der Waals surface area contributed by atoms with Crippen molar-refractivity contribution in [1.82, 2.24) is 4.90 Å². The van der Waals surface area contributed by atoms with Crippen molar-refractivity contribution < 1.29 is 29.3 Å². The molecule has 2 fully saturated rings. The van der Waals surface area contributed by atoms with Crippen molar-refractivity contribution in [3.8, 4) is 0 Å². The minimum atomic E-state index is -1.55. The molecule has 28 heavy (non-hydrogen) atoms. The number of rotatable bonds is 5. The zero-order valence-electron chi connectivity index (χ0n) is 15.5. The van der Waals surface area contributed by atoms with Crippen molar-refractivity contribution >= 4 is 29.5 Å². The first-order chi connectivity index (χ1) is 13.3. The summed E-state index contributed by atoms with van der Waals surface area (Å²) in [5.41, 5.74) is 0.801. The van der Waals surface area contributed by atoms with Gasteiger partial charge in [-0.1, -0.05) is 30.3 Å². The van der Waals surface area contributed by atoms with E-state index in [1.807, 2.05) is 30.3 Å². The predicted octanol–water partition coefficient (Wildman–Crippen LogP) is 0.177. The van der Waals surface area contributed by atoms with Gasteiger partial charge < -0.3 is 29.4 Å². The quantitative estimate of drug-likeness (QED) is 0.389. The van der Waals surface area contributed by atoms with E-state index in [0.717, 1.165) is 18.4 Å². The van der Waals surface area contributed by atoms with Gasteiger partial charge in [0.15, 0.2) is 5.38 Å². The molecule has 0 aromatic heterocycles. The summed E-state index contributed by atoms with van der Waals surface area (Å²) in [4.78, 5) is 33.4. The van der Waals surface area contributed by atoms with Gasteiger partial charge in [0, 0.05) is 12.1 Å². The Balaban J connectivity index is 0.000000300. The molecule has 2 bridgehead atoms. The number of aliphatic carboxylic acids is 2. The average molecular weight is 408 g/mol. The molecular formula is C20H22ClNO6-2. The van der Waals surface area contributed by atoms with Crippen molar-refractivity contribution in [1.29, 1.82) is 0 Å². The third-order valence-corrected chi connectivity index (χ3v) is 5.42. The molecule has 3 unspecified atom stereocenters. The molecule has 0 N–H and O–H groups in total. The van der Waals surface area contributed by atoms with Crippen LogP contribution in [0.25, 0.3) is 0 Å². The van der Waals surface area contributed by atoms with Crippen LogP contribution in [0.1, 0.15) is 36.6 Å². The fourth-order valence-electron chi connectivity index (χ4n) is 3.58. The minimum absolute atomic E-state index is 0.0289. The summed E-state index contributed by atoms with van der Waals surface area (Å²) in [5, 5.41) is 18.1. The highest BCUT2D eigenvalue weighted by Gasteiger charge is 2.40. The Morgan fingerprint density at radius 1 is 1.07 bits per heavy atom. The second-order valence-corrected chi connectivity index (χ2v) is 7.26. The van der Waals surface area contributed by atoms with Crippen LogP contribution < -0.4 is 10.2 Å². The van der Waals surface area contributed by atoms with E-state index < -0.39 is 17.3 Å². The standard InChI is InChI=1S/C16H20ClNO2.C4H4O4/c1-18-12-7-8-13(18)10-14(9-12)20-16(19)15(17)11-5-3-2-4-6-11;5-3(6)1-2-4(7)8/h2-6,12-15H,7-10H2,1H3;1-2H,(H,5,6)(H,7,8)/p-2/b;2-1-. The highest BCUT2D eigenvalue weighted by atomic mass is 35.5. The molecule has 1 aromatic rings. The lowest BCUT2D eigenvalue weighted by Crippen LogP contribution is -2.43. The SMILES string of the molecule is CN1C2CCC1CC(OC(=O)C(Cl)c1ccccc1)C2.O=C([O-])/C=C\C(=O)[O-]. The van der Waals surface area contributed by atoms with Crippen LogP contribution in [0.3, 0.4) is 0 Å². The van der Waals surface area contributed by atoms with E-state index in [0.29, 0.717) is 24.2 Å². The number of esters is 1. The van der Waals surface area contributed by atoms with Crippen LogP contribution in [-0.4, -0.2) is 48.0 Å². The van der Waals surface area contributed by atoms with Gasteiger partial charge in [0.1, 0.15) is 6.10 Å². The number of piperidine rings is 1. The van der Waals surface area contributed by atoms with Gasteiger partial charge in [-0.05, 0) is 50.4 Å². The highest BCUT2D eigenvalue weighted by molar-refractivity contribution is 6.29. The first-order valence-corrected chi connectivity index (χ1v) is 9.43. The van der Waals surface area contributed by atoms with Crippen LogP contribution >= 0.6 is 11.6 Å². The minimum Gasteiger partial charge on any atom is -0.545 e. The Morgan fingerprint density at radius 3 is 2.04 bits per heavy atom. The number of halogens is 1. The van der Waals surface area contributed by atoms with Gasteiger partial charge in [0.05, 0.1) is 11.9 Å². The monoisotopic (exact) mass is 407 g/mol. The number of benzene rings is 1.